The molecule has 3 fully saturated rings. The van der Waals surface area contributed by atoms with Crippen molar-refractivity contribution in [3.05, 3.63) is 59.7 Å². The fourth-order valence-corrected chi connectivity index (χ4v) is 5.30. The van der Waals surface area contributed by atoms with E-state index < -0.39 is 0 Å². The number of hydrogen-bond donors (Lipinski definition) is 1. The minimum atomic E-state index is 0.572. The molecule has 3 aliphatic heterocycles. The fraction of sp³-hybridized carbons (Fsp3) is 0.440. The molecule has 3 saturated heterocycles. The lowest BCUT2D eigenvalue weighted by molar-refractivity contribution is -0.939. The Morgan fingerprint density at radius 1 is 1.00 bits per heavy atom. The van der Waals surface area contributed by atoms with Crippen LogP contribution in [0.2, 0.25) is 0 Å². The van der Waals surface area contributed by atoms with Gasteiger partial charge in [0.25, 0.3) is 0 Å². The summed E-state index contributed by atoms with van der Waals surface area (Å²) in [5.74, 6) is 0.696. The topological polar surface area (TPSA) is 65.8 Å². The van der Waals surface area contributed by atoms with E-state index in [0.29, 0.717) is 11.0 Å². The summed E-state index contributed by atoms with van der Waals surface area (Å²) in [7, 11) is 0. The lowest BCUT2D eigenvalue weighted by Gasteiger charge is -2.50. The van der Waals surface area contributed by atoms with Crippen molar-refractivity contribution in [3.63, 3.8) is 0 Å². The molecule has 0 atom stereocenters. The minimum Gasteiger partial charge on any atom is -0.319 e. The van der Waals surface area contributed by atoms with Crippen molar-refractivity contribution in [2.75, 3.05) is 58.9 Å². The molecule has 0 unspecified atom stereocenters. The molecule has 2 aromatic carbocycles. The average molecular weight is 463 g/mol. The van der Waals surface area contributed by atoms with Crippen LogP contribution >= 0.6 is 11.5 Å². The maximum atomic E-state index is 4.48. The predicted octanol–water partition coefficient (Wildman–Crippen LogP) is 4.21. The first-order chi connectivity index (χ1) is 16.2. The van der Waals surface area contributed by atoms with Crippen molar-refractivity contribution in [3.8, 4) is 11.4 Å². The van der Waals surface area contributed by atoms with E-state index in [-0.39, 0.29) is 0 Å². The Bertz CT molecular complexity index is 1070. The Kier molecular flexibility index (Phi) is 6.87. The van der Waals surface area contributed by atoms with Gasteiger partial charge in [0.15, 0.2) is 5.82 Å². The molecule has 0 spiro atoms. The Morgan fingerprint density at radius 2 is 1.79 bits per heavy atom. The van der Waals surface area contributed by atoms with Crippen LogP contribution < -0.4 is 5.32 Å². The number of aromatic nitrogens is 2. The zero-order valence-corrected chi connectivity index (χ0v) is 20.1. The van der Waals surface area contributed by atoms with Crippen LogP contribution in [0, 0.1) is 6.92 Å². The Morgan fingerprint density at radius 3 is 2.55 bits per heavy atom. The highest BCUT2D eigenvalue weighted by Crippen LogP contribution is 2.26. The molecule has 8 heteroatoms. The summed E-state index contributed by atoms with van der Waals surface area (Å²) in [6.45, 7) is 13.3. The van der Waals surface area contributed by atoms with E-state index >= 15 is 0 Å². The molecule has 3 aliphatic rings. The Hall–Kier alpha value is -2.52. The molecule has 6 rings (SSSR count). The summed E-state index contributed by atoms with van der Waals surface area (Å²) < 4.78 is 5.72. The first-order valence-electron chi connectivity index (χ1n) is 11.9. The monoisotopic (exact) mass is 462 g/mol. The van der Waals surface area contributed by atoms with Crippen LogP contribution in [0.25, 0.3) is 11.4 Å². The molecule has 0 saturated carbocycles. The van der Waals surface area contributed by atoms with Gasteiger partial charge in [0.2, 0.25) is 5.13 Å². The van der Waals surface area contributed by atoms with E-state index in [1.54, 1.807) is 0 Å². The van der Waals surface area contributed by atoms with Crippen molar-refractivity contribution in [1.29, 1.82) is 0 Å². The van der Waals surface area contributed by atoms with Crippen LogP contribution in [0.5, 0.6) is 0 Å². The molecule has 4 heterocycles. The SMILES string of the molecule is Cc1cc(CCNCC[N+]23CCN(CC2)CC3)ccc1N=Nc1nc(-c2ccccc2)ns1. The smallest absolute Gasteiger partial charge is 0.249 e. The normalized spacial score (nSPS) is 22.3. The van der Waals surface area contributed by atoms with Crippen molar-refractivity contribution < 1.29 is 4.48 Å². The van der Waals surface area contributed by atoms with E-state index in [1.807, 2.05) is 30.3 Å². The van der Waals surface area contributed by atoms with Crippen LogP contribution in [0.1, 0.15) is 11.1 Å². The predicted molar refractivity (Wildman–Crippen MR) is 133 cm³/mol. The Balaban J connectivity index is 1.10. The molecule has 1 N–H and O–H groups in total. The summed E-state index contributed by atoms with van der Waals surface area (Å²) in [5, 5.41) is 13.0. The molecular weight excluding hydrogens is 430 g/mol. The summed E-state index contributed by atoms with van der Waals surface area (Å²) >= 11 is 1.27. The highest BCUT2D eigenvalue weighted by molar-refractivity contribution is 7.09. The van der Waals surface area contributed by atoms with Crippen molar-refractivity contribution in [2.45, 2.75) is 13.3 Å². The largest absolute Gasteiger partial charge is 0.319 e. The first-order valence-corrected chi connectivity index (χ1v) is 12.7. The molecule has 0 radical (unpaired) electrons. The standard InChI is InChI=1S/C25H32N7S/c1-20-19-21(9-10-26-11-15-32-16-12-31(13-17-32)14-18-32)7-8-23(20)28-29-25-27-24(30-33-25)22-5-3-2-4-6-22/h2-8,19,26H,9-18H2,1H3/q+1. The second-order valence-electron chi connectivity index (χ2n) is 9.17. The van der Waals surface area contributed by atoms with E-state index in [4.69, 9.17) is 0 Å². The van der Waals surface area contributed by atoms with Crippen LogP contribution in [-0.2, 0) is 6.42 Å². The number of azo groups is 1. The average Bonchev–Trinajstić information content (AvgIpc) is 3.34. The van der Waals surface area contributed by atoms with Gasteiger partial charge in [-0.3, -0.25) is 4.90 Å². The number of aryl methyl sites for hydroxylation is 1. The van der Waals surface area contributed by atoms with Crippen molar-refractivity contribution in [2.24, 2.45) is 10.2 Å². The molecule has 33 heavy (non-hydrogen) atoms. The molecule has 0 aliphatic carbocycles. The zero-order valence-electron chi connectivity index (χ0n) is 19.3. The number of quaternary nitrogens is 1. The maximum Gasteiger partial charge on any atom is 0.249 e. The molecule has 172 valence electrons. The van der Waals surface area contributed by atoms with E-state index in [2.05, 4.69) is 54.9 Å². The molecular formula is C25H32N7S+. The molecule has 0 amide bonds. The number of benzene rings is 2. The third-order valence-corrected chi connectivity index (χ3v) is 7.58. The highest BCUT2D eigenvalue weighted by Gasteiger charge is 2.37. The third kappa shape index (κ3) is 5.52. The maximum absolute atomic E-state index is 4.48. The van der Waals surface area contributed by atoms with Crippen molar-refractivity contribution in [1.82, 2.24) is 19.6 Å². The van der Waals surface area contributed by atoms with Gasteiger partial charge in [-0.1, -0.05) is 42.5 Å². The van der Waals surface area contributed by atoms with Crippen molar-refractivity contribution >= 4 is 22.4 Å². The summed E-state index contributed by atoms with van der Waals surface area (Å²) in [6, 6.07) is 16.4. The number of hydrogen-bond acceptors (Lipinski definition) is 7. The molecule has 7 nitrogen and oxygen atoms in total. The second kappa shape index (κ2) is 10.2. The van der Waals surface area contributed by atoms with E-state index in [0.717, 1.165) is 36.3 Å². The van der Waals surface area contributed by atoms with Gasteiger partial charge >= 0.3 is 0 Å². The lowest BCUT2D eigenvalue weighted by Crippen LogP contribution is -2.68. The molecule has 1 aromatic heterocycles. The van der Waals surface area contributed by atoms with Gasteiger partial charge in [0.1, 0.15) is 0 Å². The molecule has 3 aromatic rings. The lowest BCUT2D eigenvalue weighted by atomic mass is 10.1. The van der Waals surface area contributed by atoms with Crippen LogP contribution in [0.3, 0.4) is 0 Å². The number of fused-ring (bicyclic) bond motifs is 3. The number of rotatable bonds is 9. The van der Waals surface area contributed by atoms with Gasteiger partial charge in [-0.05, 0) is 37.1 Å². The Labute approximate surface area is 199 Å². The second-order valence-corrected chi connectivity index (χ2v) is 9.90. The number of nitrogens with one attached hydrogen (secondary N) is 1. The highest BCUT2D eigenvalue weighted by atomic mass is 32.1. The van der Waals surface area contributed by atoms with E-state index in [9.17, 15) is 0 Å². The number of piperazine rings is 3. The van der Waals surface area contributed by atoms with E-state index in [1.165, 1.54) is 67.4 Å². The third-order valence-electron chi connectivity index (χ3n) is 6.98. The van der Waals surface area contributed by atoms with Crippen LogP contribution in [-0.4, -0.2) is 77.6 Å². The van der Waals surface area contributed by atoms with Gasteiger partial charge in [-0.25, -0.2) is 0 Å². The summed E-state index contributed by atoms with van der Waals surface area (Å²) in [4.78, 5) is 7.09. The summed E-state index contributed by atoms with van der Waals surface area (Å²) in [6.07, 6.45) is 1.03. The van der Waals surface area contributed by atoms with Gasteiger partial charge < -0.3 is 9.80 Å². The van der Waals surface area contributed by atoms with Gasteiger partial charge in [0, 0.05) is 43.3 Å². The molecule has 2 bridgehead atoms. The summed E-state index contributed by atoms with van der Waals surface area (Å²) in [5.41, 5.74) is 4.34. The van der Waals surface area contributed by atoms with Crippen LogP contribution in [0.4, 0.5) is 10.8 Å². The van der Waals surface area contributed by atoms with Gasteiger partial charge in [0.05, 0.1) is 31.9 Å². The quantitative estimate of drug-likeness (QED) is 0.294. The number of nitrogens with zero attached hydrogens (tertiary/aromatic N) is 6. The van der Waals surface area contributed by atoms with Gasteiger partial charge in [-0.2, -0.15) is 9.36 Å². The first kappa shape index (κ1) is 22.3. The minimum absolute atomic E-state index is 0.572. The van der Waals surface area contributed by atoms with Gasteiger partial charge in [-0.15, -0.1) is 10.2 Å². The zero-order chi connectivity index (χ0) is 22.5. The van der Waals surface area contributed by atoms with Crippen LogP contribution in [0.15, 0.2) is 58.8 Å². The fourth-order valence-electron chi connectivity index (χ4n) is 4.78.